The van der Waals surface area contributed by atoms with Gasteiger partial charge >= 0.3 is 0 Å². The molecule has 86 valence electrons. The molecule has 0 aromatic carbocycles. The molecule has 2 heterocycles. The van der Waals surface area contributed by atoms with Crippen LogP contribution in [0.2, 0.25) is 0 Å². The van der Waals surface area contributed by atoms with Gasteiger partial charge in [-0.25, -0.2) is 4.98 Å². The first-order chi connectivity index (χ1) is 7.68. The molecule has 16 heavy (non-hydrogen) atoms. The van der Waals surface area contributed by atoms with Crippen molar-refractivity contribution in [3.63, 3.8) is 0 Å². The van der Waals surface area contributed by atoms with E-state index in [1.165, 1.54) is 0 Å². The molecular weight excluding hydrogens is 270 g/mol. The summed E-state index contributed by atoms with van der Waals surface area (Å²) in [5, 5.41) is 3.36. The van der Waals surface area contributed by atoms with E-state index >= 15 is 0 Å². The number of imidazole rings is 1. The minimum absolute atomic E-state index is 0.154. The first kappa shape index (κ1) is 11.4. The first-order valence-corrected chi connectivity index (χ1v) is 5.90. The van der Waals surface area contributed by atoms with Crippen LogP contribution in [0.5, 0.6) is 0 Å². The average Bonchev–Trinajstić information content (AvgIpc) is 2.84. The van der Waals surface area contributed by atoms with Gasteiger partial charge < -0.3 is 14.3 Å². The minimum atomic E-state index is 0.154. The molecule has 0 aliphatic rings. The van der Waals surface area contributed by atoms with E-state index in [2.05, 4.69) is 33.2 Å². The number of halogens is 1. The fourth-order valence-electron chi connectivity index (χ4n) is 1.52. The number of nitrogens with zero attached hydrogens (tertiary/aromatic N) is 2. The number of furan rings is 1. The van der Waals surface area contributed by atoms with E-state index in [1.807, 2.05) is 23.9 Å². The van der Waals surface area contributed by atoms with Gasteiger partial charge in [-0.1, -0.05) is 0 Å². The van der Waals surface area contributed by atoms with Crippen LogP contribution in [-0.4, -0.2) is 9.55 Å². The Morgan fingerprint density at radius 3 is 3.00 bits per heavy atom. The Morgan fingerprint density at radius 2 is 2.44 bits per heavy atom. The second-order valence-electron chi connectivity index (χ2n) is 3.69. The Morgan fingerprint density at radius 1 is 1.62 bits per heavy atom. The lowest BCUT2D eigenvalue weighted by molar-refractivity contribution is 0.423. The quantitative estimate of drug-likeness (QED) is 0.938. The molecule has 0 fully saturated rings. The molecule has 0 saturated carbocycles. The van der Waals surface area contributed by atoms with Crippen LogP contribution >= 0.6 is 15.9 Å². The number of hydrogen-bond donors (Lipinski definition) is 1. The zero-order chi connectivity index (χ0) is 11.5. The van der Waals surface area contributed by atoms with Crippen molar-refractivity contribution in [3.8, 4) is 0 Å². The van der Waals surface area contributed by atoms with Crippen molar-refractivity contribution in [1.82, 2.24) is 14.9 Å². The zero-order valence-electron chi connectivity index (χ0n) is 9.27. The largest absolute Gasteiger partial charge is 0.466 e. The van der Waals surface area contributed by atoms with Crippen molar-refractivity contribution in [1.29, 1.82) is 0 Å². The van der Waals surface area contributed by atoms with Gasteiger partial charge in [-0.15, -0.1) is 0 Å². The van der Waals surface area contributed by atoms with Crippen molar-refractivity contribution in [3.05, 3.63) is 40.8 Å². The molecule has 1 unspecified atom stereocenters. The Balaban J connectivity index is 1.97. The molecule has 2 aromatic heterocycles. The molecule has 1 atom stereocenters. The average molecular weight is 284 g/mol. The van der Waals surface area contributed by atoms with E-state index in [0.29, 0.717) is 0 Å². The standard InChI is InChI=1S/C11H14BrN3O/c1-8(11-9(12)3-6-16-11)14-7-10-13-4-5-15(10)2/h3-6,8,14H,7H2,1-2H3. The minimum Gasteiger partial charge on any atom is -0.466 e. The predicted molar refractivity (Wildman–Crippen MR) is 64.9 cm³/mol. The Bertz CT molecular complexity index is 463. The molecule has 1 N–H and O–H groups in total. The summed E-state index contributed by atoms with van der Waals surface area (Å²) in [6.07, 6.45) is 5.41. The van der Waals surface area contributed by atoms with Crippen molar-refractivity contribution in [2.24, 2.45) is 7.05 Å². The molecule has 0 spiro atoms. The molecule has 0 aliphatic heterocycles. The van der Waals surface area contributed by atoms with Gasteiger partial charge in [-0.05, 0) is 28.9 Å². The molecule has 0 amide bonds. The summed E-state index contributed by atoms with van der Waals surface area (Å²) < 4.78 is 8.38. The molecule has 0 saturated heterocycles. The van der Waals surface area contributed by atoms with Crippen molar-refractivity contribution in [2.75, 3.05) is 0 Å². The third-order valence-corrected chi connectivity index (χ3v) is 3.18. The summed E-state index contributed by atoms with van der Waals surface area (Å²) in [6.45, 7) is 2.78. The summed E-state index contributed by atoms with van der Waals surface area (Å²) in [7, 11) is 1.98. The van der Waals surface area contributed by atoms with Gasteiger partial charge in [0.25, 0.3) is 0 Å². The number of hydrogen-bond acceptors (Lipinski definition) is 3. The van der Waals surface area contributed by atoms with Crippen LogP contribution in [0.4, 0.5) is 0 Å². The highest BCUT2D eigenvalue weighted by Crippen LogP contribution is 2.24. The van der Waals surface area contributed by atoms with Crippen molar-refractivity contribution in [2.45, 2.75) is 19.5 Å². The highest BCUT2D eigenvalue weighted by molar-refractivity contribution is 9.10. The van der Waals surface area contributed by atoms with E-state index in [4.69, 9.17) is 4.42 Å². The molecular formula is C11H14BrN3O. The van der Waals surface area contributed by atoms with E-state index in [0.717, 1.165) is 22.6 Å². The fourth-order valence-corrected chi connectivity index (χ4v) is 2.06. The Hall–Kier alpha value is -1.07. The molecule has 0 aliphatic carbocycles. The van der Waals surface area contributed by atoms with Crippen LogP contribution in [0.1, 0.15) is 24.6 Å². The second-order valence-corrected chi connectivity index (χ2v) is 4.54. The van der Waals surface area contributed by atoms with Gasteiger partial charge in [-0.2, -0.15) is 0 Å². The van der Waals surface area contributed by atoms with E-state index in [1.54, 1.807) is 12.5 Å². The van der Waals surface area contributed by atoms with Gasteiger partial charge in [0.15, 0.2) is 0 Å². The highest BCUT2D eigenvalue weighted by Gasteiger charge is 2.12. The number of aryl methyl sites for hydroxylation is 1. The van der Waals surface area contributed by atoms with E-state index in [9.17, 15) is 0 Å². The lowest BCUT2D eigenvalue weighted by Gasteiger charge is -2.11. The van der Waals surface area contributed by atoms with Gasteiger partial charge in [0, 0.05) is 19.4 Å². The van der Waals surface area contributed by atoms with Gasteiger partial charge in [0.1, 0.15) is 11.6 Å². The fraction of sp³-hybridized carbons (Fsp3) is 0.364. The van der Waals surface area contributed by atoms with E-state index < -0.39 is 0 Å². The van der Waals surface area contributed by atoms with Crippen LogP contribution in [0, 0.1) is 0 Å². The summed E-state index contributed by atoms with van der Waals surface area (Å²) >= 11 is 3.45. The zero-order valence-corrected chi connectivity index (χ0v) is 10.9. The van der Waals surface area contributed by atoms with Crippen LogP contribution in [0.25, 0.3) is 0 Å². The monoisotopic (exact) mass is 283 g/mol. The molecule has 2 rings (SSSR count). The highest BCUT2D eigenvalue weighted by atomic mass is 79.9. The first-order valence-electron chi connectivity index (χ1n) is 5.11. The number of aromatic nitrogens is 2. The number of nitrogens with one attached hydrogen (secondary N) is 1. The van der Waals surface area contributed by atoms with Crippen LogP contribution in [0.15, 0.2) is 33.6 Å². The normalized spacial score (nSPS) is 12.9. The van der Waals surface area contributed by atoms with Gasteiger partial charge in [0.2, 0.25) is 0 Å². The molecule has 5 heteroatoms. The van der Waals surface area contributed by atoms with Crippen molar-refractivity contribution < 1.29 is 4.42 Å². The topological polar surface area (TPSA) is 43.0 Å². The van der Waals surface area contributed by atoms with Gasteiger partial charge in [0.05, 0.1) is 23.3 Å². The number of rotatable bonds is 4. The van der Waals surface area contributed by atoms with Crippen LogP contribution in [-0.2, 0) is 13.6 Å². The maximum absolute atomic E-state index is 5.39. The molecule has 4 nitrogen and oxygen atoms in total. The molecule has 0 bridgehead atoms. The van der Waals surface area contributed by atoms with Crippen LogP contribution < -0.4 is 5.32 Å². The molecule has 0 radical (unpaired) electrons. The summed E-state index contributed by atoms with van der Waals surface area (Å²) in [6, 6.07) is 2.05. The lowest BCUT2D eigenvalue weighted by Crippen LogP contribution is -2.20. The second kappa shape index (κ2) is 4.84. The Kier molecular flexibility index (Phi) is 3.46. The predicted octanol–water partition coefficient (Wildman–Crippen LogP) is 2.63. The maximum atomic E-state index is 5.39. The summed E-state index contributed by atoms with van der Waals surface area (Å²) in [5.41, 5.74) is 0. The SMILES string of the molecule is CC(NCc1nccn1C)c1occc1Br. The lowest BCUT2D eigenvalue weighted by atomic mass is 10.2. The van der Waals surface area contributed by atoms with E-state index in [-0.39, 0.29) is 6.04 Å². The van der Waals surface area contributed by atoms with Crippen LogP contribution in [0.3, 0.4) is 0 Å². The third kappa shape index (κ3) is 2.36. The smallest absolute Gasteiger partial charge is 0.134 e. The maximum Gasteiger partial charge on any atom is 0.134 e. The summed E-state index contributed by atoms with van der Waals surface area (Å²) in [4.78, 5) is 4.25. The Labute approximate surface area is 103 Å². The van der Waals surface area contributed by atoms with Crippen molar-refractivity contribution >= 4 is 15.9 Å². The van der Waals surface area contributed by atoms with Gasteiger partial charge in [-0.3, -0.25) is 0 Å². The molecule has 2 aromatic rings. The third-order valence-electron chi connectivity index (χ3n) is 2.53. The summed E-state index contributed by atoms with van der Waals surface area (Å²) in [5.74, 6) is 1.92.